The molecule has 25 heavy (non-hydrogen) atoms. The summed E-state index contributed by atoms with van der Waals surface area (Å²) in [6, 6.07) is 10.8. The van der Waals surface area contributed by atoms with Gasteiger partial charge in [-0.25, -0.2) is 0 Å². The van der Waals surface area contributed by atoms with Crippen molar-refractivity contribution in [2.45, 2.75) is 20.7 Å². The van der Waals surface area contributed by atoms with Crippen LogP contribution in [0.1, 0.15) is 29.2 Å². The summed E-state index contributed by atoms with van der Waals surface area (Å²) in [5.74, 6) is 0. The Morgan fingerprint density at radius 3 is 2.68 bits per heavy atom. The molecule has 4 aromatic rings. The van der Waals surface area contributed by atoms with Gasteiger partial charge in [0.1, 0.15) is 18.2 Å². The Labute approximate surface area is 153 Å². The topological polar surface area (TPSA) is 40.8 Å². The predicted octanol–water partition coefficient (Wildman–Crippen LogP) is 4.87. The average molecular weight is 332 g/mol. The minimum absolute atomic E-state index is 0.141. The molecular weight excluding hydrogens is 308 g/mol. The highest BCUT2D eigenvalue weighted by Gasteiger charge is 2.18. The maximum absolute atomic E-state index is 9.13. The quantitative estimate of drug-likeness (QED) is 0.466. The molecule has 0 saturated heterocycles. The van der Waals surface area contributed by atoms with Crippen LogP contribution in [0.25, 0.3) is 33.2 Å². The monoisotopic (exact) mass is 332 g/mol. The number of aryl methyl sites for hydroxylation is 1. The number of hydrogen-bond acceptors (Lipinski definition) is 2. The first-order valence-electron chi connectivity index (χ1n) is 10.4. The number of pyridine rings is 1. The van der Waals surface area contributed by atoms with Gasteiger partial charge in [0.2, 0.25) is 5.69 Å². The second kappa shape index (κ2) is 5.46. The molecule has 0 aliphatic heterocycles. The van der Waals surface area contributed by atoms with Gasteiger partial charge < -0.3 is 4.42 Å². The molecule has 0 aliphatic rings. The Kier molecular flexibility index (Phi) is 2.33. The second-order valence-electron chi connectivity index (χ2n) is 6.21. The Hall–Kier alpha value is -3.12. The molecule has 0 radical (unpaired) electrons. The van der Waals surface area contributed by atoms with E-state index in [1.165, 1.54) is 0 Å². The molecule has 2 aromatic carbocycles. The van der Waals surface area contributed by atoms with Gasteiger partial charge in [0, 0.05) is 33.9 Å². The van der Waals surface area contributed by atoms with E-state index >= 15 is 0 Å². The van der Waals surface area contributed by atoms with E-state index in [9.17, 15) is 0 Å². The molecule has 2 heterocycles. The van der Waals surface area contributed by atoms with Crippen LogP contribution in [0.15, 0.2) is 46.8 Å². The highest BCUT2D eigenvalue weighted by Crippen LogP contribution is 2.34. The van der Waals surface area contributed by atoms with Crippen LogP contribution in [-0.4, -0.2) is 0 Å². The van der Waals surface area contributed by atoms with E-state index in [1.807, 2.05) is 19.1 Å². The van der Waals surface area contributed by atoms with E-state index in [0.717, 1.165) is 16.3 Å². The second-order valence-corrected chi connectivity index (χ2v) is 6.21. The zero-order valence-corrected chi connectivity index (χ0v) is 14.2. The molecule has 0 saturated carbocycles. The van der Waals surface area contributed by atoms with Crippen LogP contribution in [0.4, 0.5) is 0 Å². The van der Waals surface area contributed by atoms with Crippen molar-refractivity contribution in [3.8, 4) is 17.3 Å². The maximum Gasteiger partial charge on any atom is 0.213 e. The minimum Gasteiger partial charge on any atom is -0.456 e. The molecule has 0 spiro atoms. The van der Waals surface area contributed by atoms with Gasteiger partial charge in [0.05, 0.1) is 19.9 Å². The third kappa shape index (κ3) is 2.38. The van der Waals surface area contributed by atoms with Crippen molar-refractivity contribution in [1.82, 2.24) is 0 Å². The van der Waals surface area contributed by atoms with E-state index in [-0.39, 0.29) is 17.6 Å². The SMILES string of the molecule is [2H]c1c(C([2H])([2H])[2H])c([2H])c(-c2cc3oc4cc(C#N)ccc4c3cc2C)[n+](C)c1C. The summed E-state index contributed by atoms with van der Waals surface area (Å²) in [5, 5.41) is 10.9. The van der Waals surface area contributed by atoms with Crippen molar-refractivity contribution in [3.63, 3.8) is 0 Å². The van der Waals surface area contributed by atoms with Gasteiger partial charge in [-0.2, -0.15) is 9.83 Å². The van der Waals surface area contributed by atoms with Crippen molar-refractivity contribution in [3.05, 3.63) is 64.8 Å². The fourth-order valence-corrected chi connectivity index (χ4v) is 3.17. The lowest BCUT2D eigenvalue weighted by molar-refractivity contribution is -0.666. The average Bonchev–Trinajstić information content (AvgIpc) is 3.01. The summed E-state index contributed by atoms with van der Waals surface area (Å²) in [6.07, 6.45) is 0. The highest BCUT2D eigenvalue weighted by atomic mass is 16.3. The van der Waals surface area contributed by atoms with Crippen molar-refractivity contribution >= 4 is 21.9 Å². The maximum atomic E-state index is 9.13. The number of fused-ring (bicyclic) bond motifs is 3. The summed E-state index contributed by atoms with van der Waals surface area (Å²) in [6.45, 7) is 1.02. The molecule has 0 aliphatic carbocycles. The number of nitriles is 1. The molecule has 4 rings (SSSR count). The molecule has 122 valence electrons. The predicted molar refractivity (Wildman–Crippen MR) is 99.3 cm³/mol. The Balaban J connectivity index is 2.07. The van der Waals surface area contributed by atoms with Crippen molar-refractivity contribution in [2.75, 3.05) is 0 Å². The van der Waals surface area contributed by atoms with Crippen molar-refractivity contribution in [2.24, 2.45) is 7.05 Å². The van der Waals surface area contributed by atoms with Gasteiger partial charge in [0.25, 0.3) is 0 Å². The molecule has 0 bridgehead atoms. The minimum atomic E-state index is -2.56. The summed E-state index contributed by atoms with van der Waals surface area (Å²) in [5.41, 5.74) is 3.84. The molecule has 0 unspecified atom stereocenters. The van der Waals surface area contributed by atoms with Gasteiger partial charge in [-0.1, -0.05) is 0 Å². The number of benzene rings is 2. The number of aromatic nitrogens is 1. The summed E-state index contributed by atoms with van der Waals surface area (Å²) in [4.78, 5) is 0. The van der Waals surface area contributed by atoms with Crippen LogP contribution in [0, 0.1) is 32.0 Å². The molecule has 0 amide bonds. The van der Waals surface area contributed by atoms with Crippen LogP contribution in [-0.2, 0) is 7.05 Å². The van der Waals surface area contributed by atoms with Gasteiger partial charge in [-0.15, -0.1) is 0 Å². The molecule has 2 aromatic heterocycles. The third-order valence-corrected chi connectivity index (χ3v) is 4.59. The first-order chi connectivity index (χ1) is 14.0. The fourth-order valence-electron chi connectivity index (χ4n) is 3.17. The van der Waals surface area contributed by atoms with E-state index in [1.54, 1.807) is 36.7 Å². The molecule has 0 fully saturated rings. The third-order valence-electron chi connectivity index (χ3n) is 4.59. The standard InChI is InChI=1S/C22H19N2O/c1-13-7-15(3)24(4)20(8-13)18-11-22-19(9-14(18)2)17-6-5-16(12-23)10-21(17)25-22/h5-11H,1-4H3/q+1/i1D3,7D,8D. The van der Waals surface area contributed by atoms with Gasteiger partial charge in [-0.3, -0.25) is 0 Å². The van der Waals surface area contributed by atoms with E-state index < -0.39 is 6.85 Å². The first kappa shape index (κ1) is 10.7. The largest absolute Gasteiger partial charge is 0.456 e. The normalized spacial score (nSPS) is 14.6. The number of rotatable bonds is 1. The van der Waals surface area contributed by atoms with Gasteiger partial charge in [-0.05, 0) is 55.2 Å². The molecule has 0 N–H and O–H groups in total. The lowest BCUT2D eigenvalue weighted by Crippen LogP contribution is -2.35. The van der Waals surface area contributed by atoms with Gasteiger partial charge in [0.15, 0.2) is 5.69 Å². The van der Waals surface area contributed by atoms with Crippen LogP contribution >= 0.6 is 0 Å². The van der Waals surface area contributed by atoms with Crippen LogP contribution in [0.5, 0.6) is 0 Å². The zero-order valence-electron chi connectivity index (χ0n) is 19.2. The molecule has 0 atom stereocenters. The van der Waals surface area contributed by atoms with Crippen molar-refractivity contribution in [1.29, 1.82) is 5.26 Å². The van der Waals surface area contributed by atoms with Crippen LogP contribution in [0.3, 0.4) is 0 Å². The number of nitrogens with zero attached hydrogens (tertiary/aromatic N) is 2. The summed E-state index contributed by atoms with van der Waals surface area (Å²) in [7, 11) is 1.73. The Morgan fingerprint density at radius 1 is 1.12 bits per heavy atom. The van der Waals surface area contributed by atoms with E-state index in [4.69, 9.17) is 16.5 Å². The van der Waals surface area contributed by atoms with E-state index in [2.05, 4.69) is 6.07 Å². The lowest BCUT2D eigenvalue weighted by Gasteiger charge is -2.07. The van der Waals surface area contributed by atoms with Gasteiger partial charge >= 0.3 is 0 Å². The Bertz CT molecular complexity index is 1390. The molecule has 3 nitrogen and oxygen atoms in total. The van der Waals surface area contributed by atoms with E-state index in [0.29, 0.717) is 33.7 Å². The first-order valence-corrected chi connectivity index (χ1v) is 7.92. The molecule has 3 heteroatoms. The lowest BCUT2D eigenvalue weighted by atomic mass is 10.00. The highest BCUT2D eigenvalue weighted by molar-refractivity contribution is 6.06. The Morgan fingerprint density at radius 2 is 1.92 bits per heavy atom. The van der Waals surface area contributed by atoms with Crippen molar-refractivity contribution < 1.29 is 15.8 Å². The molecular formula is C22H19N2O+. The number of hydrogen-bond donors (Lipinski definition) is 0. The van der Waals surface area contributed by atoms with Crippen LogP contribution < -0.4 is 4.57 Å². The van der Waals surface area contributed by atoms with Crippen LogP contribution in [0.2, 0.25) is 0 Å². The summed E-state index contributed by atoms with van der Waals surface area (Å²) >= 11 is 0. The smallest absolute Gasteiger partial charge is 0.213 e. The summed E-state index contributed by atoms with van der Waals surface area (Å²) < 4.78 is 48.0. The fraction of sp³-hybridized carbons (Fsp3) is 0.182. The zero-order chi connectivity index (χ0) is 22.0. The number of furan rings is 1.